The summed E-state index contributed by atoms with van der Waals surface area (Å²) in [6.07, 6.45) is 3.98. The van der Waals surface area contributed by atoms with E-state index in [0.29, 0.717) is 5.56 Å². The molecule has 2 rings (SSSR count). The maximum Gasteiger partial charge on any atom is 0.335 e. The Morgan fingerprint density at radius 3 is 2.30 bits per heavy atom. The zero-order valence-electron chi connectivity index (χ0n) is 10.2. The summed E-state index contributed by atoms with van der Waals surface area (Å²) in [4.78, 5) is 18.1. The Morgan fingerprint density at radius 2 is 1.75 bits per heavy atom. The van der Waals surface area contributed by atoms with Crippen LogP contribution in [0.5, 0.6) is 0 Å². The van der Waals surface area contributed by atoms with E-state index in [9.17, 15) is 13.2 Å². The van der Waals surface area contributed by atoms with Gasteiger partial charge in [0.15, 0.2) is 0 Å². The normalized spacial score (nSPS) is 11.0. The molecule has 1 heterocycles. The van der Waals surface area contributed by atoms with Crippen molar-refractivity contribution >= 4 is 21.7 Å². The van der Waals surface area contributed by atoms with Gasteiger partial charge in [-0.1, -0.05) is 12.1 Å². The van der Waals surface area contributed by atoms with Gasteiger partial charge in [-0.15, -0.1) is 0 Å². The highest BCUT2D eigenvalue weighted by Crippen LogP contribution is 2.11. The van der Waals surface area contributed by atoms with Crippen molar-refractivity contribution < 1.29 is 18.3 Å². The van der Waals surface area contributed by atoms with E-state index in [2.05, 4.69) is 14.7 Å². The first-order chi connectivity index (χ1) is 9.46. The molecule has 0 saturated carbocycles. The van der Waals surface area contributed by atoms with Crippen LogP contribution >= 0.6 is 0 Å². The SMILES string of the molecule is O=C(O)c1ccc(CS(=O)(=O)Nc2cncnc2)cc1. The summed E-state index contributed by atoms with van der Waals surface area (Å²) < 4.78 is 26.1. The third kappa shape index (κ3) is 3.75. The van der Waals surface area contributed by atoms with Crippen molar-refractivity contribution in [1.82, 2.24) is 9.97 Å². The molecule has 0 saturated heterocycles. The smallest absolute Gasteiger partial charge is 0.335 e. The summed E-state index contributed by atoms with van der Waals surface area (Å²) in [6, 6.07) is 5.64. The lowest BCUT2D eigenvalue weighted by Crippen LogP contribution is -2.15. The van der Waals surface area contributed by atoms with Gasteiger partial charge in [-0.3, -0.25) is 4.72 Å². The van der Waals surface area contributed by atoms with Gasteiger partial charge in [0.1, 0.15) is 6.33 Å². The molecule has 0 fully saturated rings. The number of carboxylic acid groups (broad SMARTS) is 1. The summed E-state index contributed by atoms with van der Waals surface area (Å²) in [7, 11) is -3.60. The number of benzene rings is 1. The average molecular weight is 293 g/mol. The fraction of sp³-hybridized carbons (Fsp3) is 0.0833. The third-order valence-electron chi connectivity index (χ3n) is 2.39. The molecule has 0 aliphatic heterocycles. The summed E-state index contributed by atoms with van der Waals surface area (Å²) in [5.41, 5.74) is 0.865. The van der Waals surface area contributed by atoms with Crippen LogP contribution in [-0.4, -0.2) is 29.5 Å². The van der Waals surface area contributed by atoms with E-state index in [-0.39, 0.29) is 17.0 Å². The second-order valence-corrected chi connectivity index (χ2v) is 5.71. The van der Waals surface area contributed by atoms with E-state index in [1.54, 1.807) is 0 Å². The number of anilines is 1. The Kier molecular flexibility index (Phi) is 3.94. The molecule has 0 bridgehead atoms. The zero-order valence-corrected chi connectivity index (χ0v) is 11.0. The predicted molar refractivity (Wildman–Crippen MR) is 71.7 cm³/mol. The van der Waals surface area contributed by atoms with Crippen LogP contribution in [-0.2, 0) is 15.8 Å². The second-order valence-electron chi connectivity index (χ2n) is 3.99. The van der Waals surface area contributed by atoms with Gasteiger partial charge in [0, 0.05) is 0 Å². The molecule has 7 nitrogen and oxygen atoms in total. The van der Waals surface area contributed by atoms with Gasteiger partial charge in [0.25, 0.3) is 0 Å². The molecule has 104 valence electrons. The number of hydrogen-bond donors (Lipinski definition) is 2. The Labute approximate surface area is 115 Å². The number of aromatic nitrogens is 2. The molecule has 2 aromatic rings. The van der Waals surface area contributed by atoms with Crippen molar-refractivity contribution in [3.63, 3.8) is 0 Å². The lowest BCUT2D eigenvalue weighted by atomic mass is 10.1. The van der Waals surface area contributed by atoms with Crippen LogP contribution in [0.3, 0.4) is 0 Å². The maximum absolute atomic E-state index is 11.9. The molecule has 0 unspecified atom stereocenters. The molecule has 0 spiro atoms. The highest BCUT2D eigenvalue weighted by atomic mass is 32.2. The van der Waals surface area contributed by atoms with E-state index >= 15 is 0 Å². The molecule has 0 aliphatic rings. The van der Waals surface area contributed by atoms with Crippen molar-refractivity contribution in [1.29, 1.82) is 0 Å². The first-order valence-corrected chi connectivity index (χ1v) is 7.19. The molecule has 1 aromatic heterocycles. The van der Waals surface area contributed by atoms with E-state index in [4.69, 9.17) is 5.11 Å². The van der Waals surface area contributed by atoms with Gasteiger partial charge < -0.3 is 5.11 Å². The Hall–Kier alpha value is -2.48. The second kappa shape index (κ2) is 5.66. The van der Waals surface area contributed by atoms with Crippen LogP contribution < -0.4 is 4.72 Å². The molecule has 0 amide bonds. The molecular formula is C12H11N3O4S. The minimum atomic E-state index is -3.60. The van der Waals surface area contributed by atoms with Crippen molar-refractivity contribution in [2.24, 2.45) is 0 Å². The summed E-state index contributed by atoms with van der Waals surface area (Å²) in [6.45, 7) is 0. The molecule has 8 heteroatoms. The van der Waals surface area contributed by atoms with E-state index in [1.165, 1.54) is 43.0 Å². The van der Waals surface area contributed by atoms with Crippen LogP contribution in [0.4, 0.5) is 5.69 Å². The summed E-state index contributed by atoms with van der Waals surface area (Å²) >= 11 is 0. The summed E-state index contributed by atoms with van der Waals surface area (Å²) in [5.74, 6) is -1.32. The monoisotopic (exact) mass is 293 g/mol. The first-order valence-electron chi connectivity index (χ1n) is 5.54. The van der Waals surface area contributed by atoms with Gasteiger partial charge in [-0.25, -0.2) is 23.2 Å². The highest BCUT2D eigenvalue weighted by molar-refractivity contribution is 7.91. The van der Waals surface area contributed by atoms with Crippen LogP contribution in [0.1, 0.15) is 15.9 Å². The zero-order chi connectivity index (χ0) is 14.6. The Morgan fingerprint density at radius 1 is 1.15 bits per heavy atom. The van der Waals surface area contributed by atoms with Gasteiger partial charge in [0.2, 0.25) is 10.0 Å². The van der Waals surface area contributed by atoms with Gasteiger partial charge in [-0.2, -0.15) is 0 Å². The van der Waals surface area contributed by atoms with Gasteiger partial charge in [0.05, 0.1) is 29.4 Å². The minimum absolute atomic E-state index is 0.107. The lowest BCUT2D eigenvalue weighted by molar-refractivity contribution is 0.0697. The molecule has 0 aliphatic carbocycles. The molecule has 20 heavy (non-hydrogen) atoms. The number of aromatic carboxylic acids is 1. The van der Waals surface area contributed by atoms with Crippen LogP contribution in [0.2, 0.25) is 0 Å². The average Bonchev–Trinajstić information content (AvgIpc) is 2.39. The van der Waals surface area contributed by atoms with E-state index < -0.39 is 16.0 Å². The number of carboxylic acids is 1. The first kappa shape index (κ1) is 13.9. The molecule has 1 aromatic carbocycles. The maximum atomic E-state index is 11.9. The number of sulfonamides is 1. The van der Waals surface area contributed by atoms with Crippen molar-refractivity contribution in [3.8, 4) is 0 Å². The van der Waals surface area contributed by atoms with Crippen LogP contribution in [0.25, 0.3) is 0 Å². The Balaban J connectivity index is 2.10. The molecular weight excluding hydrogens is 282 g/mol. The fourth-order valence-electron chi connectivity index (χ4n) is 1.53. The number of nitrogens with zero attached hydrogens (tertiary/aromatic N) is 2. The highest BCUT2D eigenvalue weighted by Gasteiger charge is 2.12. The largest absolute Gasteiger partial charge is 0.478 e. The number of nitrogens with one attached hydrogen (secondary N) is 1. The van der Waals surface area contributed by atoms with Crippen molar-refractivity contribution in [2.75, 3.05) is 4.72 Å². The predicted octanol–water partition coefficient (Wildman–Crippen LogP) is 1.12. The fourth-order valence-corrected chi connectivity index (χ4v) is 2.70. The minimum Gasteiger partial charge on any atom is -0.478 e. The molecule has 0 radical (unpaired) electrons. The Bertz CT molecular complexity index is 699. The number of rotatable bonds is 5. The van der Waals surface area contributed by atoms with Crippen molar-refractivity contribution in [3.05, 3.63) is 54.1 Å². The van der Waals surface area contributed by atoms with Crippen LogP contribution in [0, 0.1) is 0 Å². The standard InChI is InChI=1S/C12H11N3O4S/c16-12(17)10-3-1-9(2-4-10)7-20(18,19)15-11-5-13-8-14-6-11/h1-6,8,15H,7H2,(H,16,17). The number of hydrogen-bond acceptors (Lipinski definition) is 5. The molecule has 2 N–H and O–H groups in total. The third-order valence-corrected chi connectivity index (χ3v) is 3.65. The quantitative estimate of drug-likeness (QED) is 0.854. The topological polar surface area (TPSA) is 109 Å². The summed E-state index contributed by atoms with van der Waals surface area (Å²) in [5, 5.41) is 8.76. The van der Waals surface area contributed by atoms with Crippen molar-refractivity contribution in [2.45, 2.75) is 5.75 Å². The van der Waals surface area contributed by atoms with Crippen LogP contribution in [0.15, 0.2) is 43.0 Å². The molecule has 0 atom stereocenters. The number of carbonyl (C=O) groups is 1. The van der Waals surface area contributed by atoms with Gasteiger partial charge >= 0.3 is 5.97 Å². The van der Waals surface area contributed by atoms with E-state index in [1.807, 2.05) is 0 Å². The van der Waals surface area contributed by atoms with E-state index in [0.717, 1.165) is 0 Å². The van der Waals surface area contributed by atoms with Gasteiger partial charge in [-0.05, 0) is 17.7 Å². The lowest BCUT2D eigenvalue weighted by Gasteiger charge is -2.07.